The predicted octanol–water partition coefficient (Wildman–Crippen LogP) is 2.42. The molecule has 0 bridgehead atoms. The standard InChI is InChI=1S/C22H41N3O5S/c1-13(2)17(25-16(26)10-21(4,5)6)19(28)23-14(3)18(27)24-15(20(29)30)11-31-12-22(7,8)9/h13-15,17H,10-12H2,1-9H3,(H,23,28)(H,24,27)(H,25,26)(H,29,30)/t14-,15-,17?/m0/s1. The third kappa shape index (κ3) is 13.3. The monoisotopic (exact) mass is 459 g/mol. The van der Waals surface area contributed by atoms with E-state index >= 15 is 0 Å². The maximum absolute atomic E-state index is 12.7. The SMILES string of the molecule is CC(C)C(NC(=O)CC(C)(C)C)C(=O)N[C@@H](C)C(=O)N[C@@H](CSCC(C)(C)C)C(=O)O. The zero-order valence-electron chi connectivity index (χ0n) is 20.4. The molecule has 3 amide bonds. The van der Waals surface area contributed by atoms with Crippen molar-refractivity contribution >= 4 is 35.5 Å². The van der Waals surface area contributed by atoms with Crippen molar-refractivity contribution in [2.24, 2.45) is 16.7 Å². The highest BCUT2D eigenvalue weighted by atomic mass is 32.2. The Morgan fingerprint density at radius 2 is 1.39 bits per heavy atom. The lowest BCUT2D eigenvalue weighted by atomic mass is 9.91. The fraction of sp³-hybridized carbons (Fsp3) is 0.818. The molecule has 0 rings (SSSR count). The van der Waals surface area contributed by atoms with Gasteiger partial charge in [-0.3, -0.25) is 14.4 Å². The third-order valence-corrected chi connectivity index (χ3v) is 5.78. The Hall–Kier alpha value is -1.77. The first-order valence-electron chi connectivity index (χ1n) is 10.6. The molecule has 0 aromatic rings. The van der Waals surface area contributed by atoms with Crippen LogP contribution in [0, 0.1) is 16.7 Å². The summed E-state index contributed by atoms with van der Waals surface area (Å²) >= 11 is 1.45. The molecule has 0 aliphatic rings. The number of rotatable bonds is 11. The molecule has 0 aromatic heterocycles. The summed E-state index contributed by atoms with van der Waals surface area (Å²) in [7, 11) is 0. The minimum Gasteiger partial charge on any atom is -0.480 e. The normalized spacial score (nSPS) is 15.0. The van der Waals surface area contributed by atoms with Gasteiger partial charge in [0.1, 0.15) is 18.1 Å². The van der Waals surface area contributed by atoms with E-state index in [1.54, 1.807) is 13.8 Å². The largest absolute Gasteiger partial charge is 0.480 e. The summed E-state index contributed by atoms with van der Waals surface area (Å²) in [6, 6.07) is -2.78. The molecule has 8 nitrogen and oxygen atoms in total. The molecule has 0 aromatic carbocycles. The van der Waals surface area contributed by atoms with E-state index < -0.39 is 35.9 Å². The fourth-order valence-corrected chi connectivity index (χ4v) is 3.76. The van der Waals surface area contributed by atoms with E-state index in [0.29, 0.717) is 0 Å². The fourth-order valence-electron chi connectivity index (χ4n) is 2.56. The lowest BCUT2D eigenvalue weighted by Crippen LogP contribution is -2.56. The molecule has 0 radical (unpaired) electrons. The van der Waals surface area contributed by atoms with Gasteiger partial charge < -0.3 is 21.1 Å². The van der Waals surface area contributed by atoms with Crippen LogP contribution in [-0.2, 0) is 19.2 Å². The van der Waals surface area contributed by atoms with Gasteiger partial charge in [0.2, 0.25) is 17.7 Å². The Kier molecular flexibility index (Phi) is 11.6. The Morgan fingerprint density at radius 1 is 0.839 bits per heavy atom. The van der Waals surface area contributed by atoms with Crippen LogP contribution in [-0.4, -0.2) is 58.4 Å². The molecule has 180 valence electrons. The van der Waals surface area contributed by atoms with Crippen molar-refractivity contribution in [2.45, 2.75) is 86.9 Å². The molecule has 4 N–H and O–H groups in total. The van der Waals surface area contributed by atoms with Crippen molar-refractivity contribution in [1.29, 1.82) is 0 Å². The molecule has 9 heteroatoms. The predicted molar refractivity (Wildman–Crippen MR) is 125 cm³/mol. The Bertz CT molecular complexity index is 638. The number of nitrogens with one attached hydrogen (secondary N) is 3. The van der Waals surface area contributed by atoms with E-state index in [4.69, 9.17) is 0 Å². The summed E-state index contributed by atoms with van der Waals surface area (Å²) in [6.45, 7) is 17.1. The van der Waals surface area contributed by atoms with E-state index in [9.17, 15) is 24.3 Å². The van der Waals surface area contributed by atoms with Gasteiger partial charge in [0.05, 0.1) is 0 Å². The molecule has 31 heavy (non-hydrogen) atoms. The summed E-state index contributed by atoms with van der Waals surface area (Å²) in [5.74, 6) is -1.61. The second kappa shape index (κ2) is 12.3. The summed E-state index contributed by atoms with van der Waals surface area (Å²) in [5, 5.41) is 17.2. The highest BCUT2D eigenvalue weighted by Crippen LogP contribution is 2.21. The van der Waals surface area contributed by atoms with Crippen LogP contribution >= 0.6 is 11.8 Å². The summed E-state index contributed by atoms with van der Waals surface area (Å²) in [4.78, 5) is 48.9. The minimum atomic E-state index is -1.12. The van der Waals surface area contributed by atoms with Crippen LogP contribution < -0.4 is 16.0 Å². The first-order valence-corrected chi connectivity index (χ1v) is 11.8. The average Bonchev–Trinajstić information content (AvgIpc) is 2.55. The zero-order chi connectivity index (χ0) is 24.6. The molecule has 0 aliphatic heterocycles. The van der Waals surface area contributed by atoms with Crippen LogP contribution in [0.25, 0.3) is 0 Å². The van der Waals surface area contributed by atoms with Gasteiger partial charge in [-0.05, 0) is 29.4 Å². The number of hydrogen-bond donors (Lipinski definition) is 4. The number of carbonyl (C=O) groups is 4. The van der Waals surface area contributed by atoms with Crippen molar-refractivity contribution in [1.82, 2.24) is 16.0 Å². The van der Waals surface area contributed by atoms with Crippen LogP contribution in [0.1, 0.15) is 68.7 Å². The summed E-state index contributed by atoms with van der Waals surface area (Å²) in [5.41, 5.74) is -0.172. The zero-order valence-corrected chi connectivity index (χ0v) is 21.2. The Balaban J connectivity index is 4.92. The van der Waals surface area contributed by atoms with Gasteiger partial charge in [-0.15, -0.1) is 0 Å². The first-order chi connectivity index (χ1) is 13.9. The molecular formula is C22H41N3O5S. The number of thioether (sulfide) groups is 1. The smallest absolute Gasteiger partial charge is 0.327 e. The van der Waals surface area contributed by atoms with E-state index in [1.807, 2.05) is 20.8 Å². The second-order valence-electron chi connectivity index (χ2n) is 10.7. The summed E-state index contributed by atoms with van der Waals surface area (Å²) < 4.78 is 0. The Morgan fingerprint density at radius 3 is 1.81 bits per heavy atom. The van der Waals surface area contributed by atoms with Gasteiger partial charge >= 0.3 is 5.97 Å². The number of carboxylic acids is 1. The van der Waals surface area contributed by atoms with Crippen molar-refractivity contribution in [3.63, 3.8) is 0 Å². The van der Waals surface area contributed by atoms with Crippen LogP contribution in [0.4, 0.5) is 0 Å². The highest BCUT2D eigenvalue weighted by molar-refractivity contribution is 7.99. The van der Waals surface area contributed by atoms with Gasteiger partial charge in [0.25, 0.3) is 0 Å². The lowest BCUT2D eigenvalue weighted by molar-refractivity contribution is -0.141. The number of hydrogen-bond acceptors (Lipinski definition) is 5. The van der Waals surface area contributed by atoms with Gasteiger partial charge in [-0.25, -0.2) is 4.79 Å². The maximum Gasteiger partial charge on any atom is 0.327 e. The molecule has 1 unspecified atom stereocenters. The van der Waals surface area contributed by atoms with E-state index in [0.717, 1.165) is 5.75 Å². The lowest BCUT2D eigenvalue weighted by Gasteiger charge is -2.26. The van der Waals surface area contributed by atoms with Crippen LogP contribution in [0.3, 0.4) is 0 Å². The van der Waals surface area contributed by atoms with Crippen molar-refractivity contribution < 1.29 is 24.3 Å². The van der Waals surface area contributed by atoms with Crippen molar-refractivity contribution in [3.8, 4) is 0 Å². The van der Waals surface area contributed by atoms with Gasteiger partial charge in [0.15, 0.2) is 0 Å². The van der Waals surface area contributed by atoms with E-state index in [-0.39, 0.29) is 34.8 Å². The average molecular weight is 460 g/mol. The van der Waals surface area contributed by atoms with Crippen molar-refractivity contribution in [2.75, 3.05) is 11.5 Å². The third-order valence-electron chi connectivity index (χ3n) is 4.14. The molecule has 3 atom stereocenters. The van der Waals surface area contributed by atoms with Crippen LogP contribution in [0.5, 0.6) is 0 Å². The quantitative estimate of drug-likeness (QED) is 0.376. The van der Waals surface area contributed by atoms with Crippen LogP contribution in [0.15, 0.2) is 0 Å². The second-order valence-corrected chi connectivity index (χ2v) is 11.8. The molecule has 0 heterocycles. The topological polar surface area (TPSA) is 125 Å². The molecule has 0 spiro atoms. The Labute approximate surface area is 191 Å². The number of amides is 3. The number of carboxylic acid groups (broad SMARTS) is 1. The van der Waals surface area contributed by atoms with Crippen molar-refractivity contribution in [3.05, 3.63) is 0 Å². The van der Waals surface area contributed by atoms with E-state index in [1.165, 1.54) is 18.7 Å². The molecule has 0 saturated heterocycles. The van der Waals surface area contributed by atoms with Crippen LogP contribution in [0.2, 0.25) is 0 Å². The molecule has 0 aliphatic carbocycles. The van der Waals surface area contributed by atoms with Gasteiger partial charge in [-0.2, -0.15) is 11.8 Å². The summed E-state index contributed by atoms with van der Waals surface area (Å²) in [6.07, 6.45) is 0.270. The van der Waals surface area contributed by atoms with Gasteiger partial charge in [-0.1, -0.05) is 55.4 Å². The highest BCUT2D eigenvalue weighted by Gasteiger charge is 2.29. The molecular weight excluding hydrogens is 418 g/mol. The number of aliphatic carboxylic acids is 1. The molecule has 0 fully saturated rings. The minimum absolute atomic E-state index is 0.0439. The van der Waals surface area contributed by atoms with E-state index in [2.05, 4.69) is 36.7 Å². The molecule has 0 saturated carbocycles. The van der Waals surface area contributed by atoms with Gasteiger partial charge in [0, 0.05) is 12.2 Å². The number of carbonyl (C=O) groups excluding carboxylic acids is 3. The maximum atomic E-state index is 12.7. The first kappa shape index (κ1) is 29.2.